The highest BCUT2D eigenvalue weighted by Gasteiger charge is 2.18. The van der Waals surface area contributed by atoms with Crippen LogP contribution in [0.2, 0.25) is 0 Å². The fourth-order valence-corrected chi connectivity index (χ4v) is 2.71. The van der Waals surface area contributed by atoms with Crippen molar-refractivity contribution in [1.29, 1.82) is 0 Å². The number of rotatable bonds is 3. The molecular weight excluding hydrogens is 228 g/mol. The summed E-state index contributed by atoms with van der Waals surface area (Å²) in [5.74, 6) is 0.653. The zero-order valence-corrected chi connectivity index (χ0v) is 11.4. The molecule has 2 aliphatic rings. The van der Waals surface area contributed by atoms with E-state index >= 15 is 0 Å². The predicted molar refractivity (Wildman–Crippen MR) is 72.6 cm³/mol. The van der Waals surface area contributed by atoms with E-state index in [9.17, 15) is 4.79 Å². The number of urea groups is 1. The molecule has 0 aromatic rings. The normalized spacial score (nSPS) is 23.8. The third-order valence-corrected chi connectivity index (χ3v) is 4.06. The smallest absolute Gasteiger partial charge is 0.315 e. The summed E-state index contributed by atoms with van der Waals surface area (Å²) in [6, 6.07) is 0.365. The second kappa shape index (κ2) is 6.95. The standard InChI is InChI=1S/C13H26N4O/c1-17-8-4-11(5-9-17)10-15-13(18)16-12-2-6-14-7-3-12/h11-12,14H,2-10H2,1H3,(H2,15,16,18). The van der Waals surface area contributed by atoms with Crippen LogP contribution in [0.5, 0.6) is 0 Å². The number of likely N-dealkylation sites (tertiary alicyclic amines) is 1. The Morgan fingerprint density at radius 3 is 2.56 bits per heavy atom. The number of carbonyl (C=O) groups is 1. The topological polar surface area (TPSA) is 56.4 Å². The Morgan fingerprint density at radius 2 is 1.89 bits per heavy atom. The number of carbonyl (C=O) groups excluding carboxylic acids is 1. The van der Waals surface area contributed by atoms with Gasteiger partial charge in [0.15, 0.2) is 0 Å². The Labute approximate surface area is 110 Å². The molecule has 0 bridgehead atoms. The molecule has 0 aromatic heterocycles. The van der Waals surface area contributed by atoms with Gasteiger partial charge in [-0.2, -0.15) is 0 Å². The molecule has 0 aliphatic carbocycles. The van der Waals surface area contributed by atoms with Crippen LogP contribution in [-0.4, -0.2) is 56.7 Å². The average Bonchev–Trinajstić information content (AvgIpc) is 2.39. The highest BCUT2D eigenvalue weighted by Crippen LogP contribution is 2.14. The number of hydrogen-bond donors (Lipinski definition) is 3. The number of hydrogen-bond acceptors (Lipinski definition) is 3. The molecule has 18 heavy (non-hydrogen) atoms. The Balaban J connectivity index is 1.59. The first kappa shape index (κ1) is 13.6. The summed E-state index contributed by atoms with van der Waals surface area (Å²) in [5, 5.41) is 9.39. The van der Waals surface area contributed by atoms with E-state index in [1.165, 1.54) is 12.8 Å². The molecule has 5 nitrogen and oxygen atoms in total. The summed E-state index contributed by atoms with van der Waals surface area (Å²) >= 11 is 0. The van der Waals surface area contributed by atoms with E-state index in [0.29, 0.717) is 12.0 Å². The van der Waals surface area contributed by atoms with Gasteiger partial charge in [0.1, 0.15) is 0 Å². The predicted octanol–water partition coefficient (Wildman–Crippen LogP) is 0.379. The van der Waals surface area contributed by atoms with Gasteiger partial charge >= 0.3 is 6.03 Å². The molecule has 0 spiro atoms. The molecule has 5 heteroatoms. The van der Waals surface area contributed by atoms with Crippen molar-refractivity contribution in [1.82, 2.24) is 20.9 Å². The molecule has 0 aromatic carbocycles. The van der Waals surface area contributed by atoms with Gasteiger partial charge in [0, 0.05) is 12.6 Å². The molecule has 2 rings (SSSR count). The fraction of sp³-hybridized carbons (Fsp3) is 0.923. The van der Waals surface area contributed by atoms with E-state index in [4.69, 9.17) is 0 Å². The van der Waals surface area contributed by atoms with Crippen molar-refractivity contribution in [2.45, 2.75) is 31.7 Å². The number of piperidine rings is 2. The lowest BCUT2D eigenvalue weighted by Gasteiger charge is -2.29. The third kappa shape index (κ3) is 4.46. The van der Waals surface area contributed by atoms with Crippen molar-refractivity contribution in [3.05, 3.63) is 0 Å². The van der Waals surface area contributed by atoms with Crippen LogP contribution >= 0.6 is 0 Å². The molecule has 0 atom stereocenters. The van der Waals surface area contributed by atoms with Crippen LogP contribution in [0.25, 0.3) is 0 Å². The molecule has 2 saturated heterocycles. The van der Waals surface area contributed by atoms with Gasteiger partial charge in [-0.1, -0.05) is 0 Å². The molecule has 2 fully saturated rings. The zero-order valence-electron chi connectivity index (χ0n) is 11.4. The molecule has 0 saturated carbocycles. The van der Waals surface area contributed by atoms with E-state index < -0.39 is 0 Å². The van der Waals surface area contributed by atoms with Crippen molar-refractivity contribution < 1.29 is 4.79 Å². The van der Waals surface area contributed by atoms with E-state index in [2.05, 4.69) is 27.9 Å². The van der Waals surface area contributed by atoms with Crippen molar-refractivity contribution in [3.63, 3.8) is 0 Å². The summed E-state index contributed by atoms with van der Waals surface area (Å²) in [7, 11) is 2.16. The van der Waals surface area contributed by atoms with Gasteiger partial charge in [-0.05, 0) is 64.8 Å². The van der Waals surface area contributed by atoms with Crippen LogP contribution in [0, 0.1) is 5.92 Å². The molecule has 0 unspecified atom stereocenters. The van der Waals surface area contributed by atoms with E-state index in [-0.39, 0.29) is 6.03 Å². The van der Waals surface area contributed by atoms with Gasteiger partial charge in [0.05, 0.1) is 0 Å². The fourth-order valence-electron chi connectivity index (χ4n) is 2.71. The summed E-state index contributed by atoms with van der Waals surface area (Å²) in [5.41, 5.74) is 0. The van der Waals surface area contributed by atoms with Gasteiger partial charge in [-0.3, -0.25) is 0 Å². The van der Waals surface area contributed by atoms with Crippen LogP contribution in [0.4, 0.5) is 4.79 Å². The maximum absolute atomic E-state index is 11.8. The third-order valence-electron chi connectivity index (χ3n) is 4.06. The molecule has 3 N–H and O–H groups in total. The summed E-state index contributed by atoms with van der Waals surface area (Å²) in [4.78, 5) is 14.1. The van der Waals surface area contributed by atoms with Crippen LogP contribution in [-0.2, 0) is 0 Å². The largest absolute Gasteiger partial charge is 0.338 e. The first-order chi connectivity index (χ1) is 8.74. The van der Waals surface area contributed by atoms with Gasteiger partial charge < -0.3 is 20.9 Å². The zero-order chi connectivity index (χ0) is 12.8. The summed E-state index contributed by atoms with van der Waals surface area (Å²) in [6.07, 6.45) is 4.48. The Hall–Kier alpha value is -0.810. The molecule has 104 valence electrons. The first-order valence-electron chi connectivity index (χ1n) is 7.17. The van der Waals surface area contributed by atoms with E-state index in [1.807, 2.05) is 0 Å². The van der Waals surface area contributed by atoms with Crippen molar-refractivity contribution in [2.75, 3.05) is 39.8 Å². The first-order valence-corrected chi connectivity index (χ1v) is 7.17. The Morgan fingerprint density at radius 1 is 1.22 bits per heavy atom. The van der Waals surface area contributed by atoms with Crippen molar-refractivity contribution >= 4 is 6.03 Å². The minimum atomic E-state index is 0.0147. The number of nitrogens with one attached hydrogen (secondary N) is 3. The van der Waals surface area contributed by atoms with Gasteiger partial charge in [-0.25, -0.2) is 4.79 Å². The van der Waals surface area contributed by atoms with Crippen LogP contribution in [0.3, 0.4) is 0 Å². The minimum Gasteiger partial charge on any atom is -0.338 e. The number of nitrogens with zero attached hydrogens (tertiary/aromatic N) is 1. The highest BCUT2D eigenvalue weighted by atomic mass is 16.2. The lowest BCUT2D eigenvalue weighted by Crippen LogP contribution is -2.48. The molecule has 2 amide bonds. The molecule has 2 aliphatic heterocycles. The van der Waals surface area contributed by atoms with Crippen molar-refractivity contribution in [2.24, 2.45) is 5.92 Å². The molecular formula is C13H26N4O. The van der Waals surface area contributed by atoms with E-state index in [0.717, 1.165) is 45.6 Å². The SMILES string of the molecule is CN1CCC(CNC(=O)NC2CCNCC2)CC1. The lowest BCUT2D eigenvalue weighted by molar-refractivity contribution is 0.207. The van der Waals surface area contributed by atoms with Crippen LogP contribution in [0.1, 0.15) is 25.7 Å². The average molecular weight is 254 g/mol. The lowest BCUT2D eigenvalue weighted by atomic mass is 9.97. The van der Waals surface area contributed by atoms with E-state index in [1.54, 1.807) is 0 Å². The van der Waals surface area contributed by atoms with Crippen LogP contribution < -0.4 is 16.0 Å². The van der Waals surface area contributed by atoms with Crippen molar-refractivity contribution in [3.8, 4) is 0 Å². The summed E-state index contributed by atoms with van der Waals surface area (Å²) in [6.45, 7) is 5.16. The molecule has 2 heterocycles. The number of amides is 2. The van der Waals surface area contributed by atoms with Gasteiger partial charge in [0.2, 0.25) is 0 Å². The monoisotopic (exact) mass is 254 g/mol. The maximum atomic E-state index is 11.8. The highest BCUT2D eigenvalue weighted by molar-refractivity contribution is 5.74. The Kier molecular flexibility index (Phi) is 5.26. The second-order valence-corrected chi connectivity index (χ2v) is 5.63. The Bertz CT molecular complexity index is 258. The quantitative estimate of drug-likeness (QED) is 0.682. The summed E-state index contributed by atoms with van der Waals surface area (Å²) < 4.78 is 0. The van der Waals surface area contributed by atoms with Gasteiger partial charge in [-0.15, -0.1) is 0 Å². The second-order valence-electron chi connectivity index (χ2n) is 5.63. The minimum absolute atomic E-state index is 0.0147. The molecule has 0 radical (unpaired) electrons. The van der Waals surface area contributed by atoms with Gasteiger partial charge in [0.25, 0.3) is 0 Å². The van der Waals surface area contributed by atoms with Crippen LogP contribution in [0.15, 0.2) is 0 Å². The maximum Gasteiger partial charge on any atom is 0.315 e.